The molecule has 6 heteroatoms. The molecule has 0 radical (unpaired) electrons. The molecule has 0 saturated heterocycles. The number of rotatable bonds is 22. The topological polar surface area (TPSA) is 78.9 Å². The van der Waals surface area contributed by atoms with Gasteiger partial charge in [-0.05, 0) is 39.0 Å². The summed E-state index contributed by atoms with van der Waals surface area (Å²) < 4.78 is 14.3. The molecule has 0 heterocycles. The molecule has 0 aromatic carbocycles. The van der Waals surface area contributed by atoms with Crippen molar-refractivity contribution in [1.29, 1.82) is 0 Å². The van der Waals surface area contributed by atoms with Crippen LogP contribution in [0.15, 0.2) is 0 Å². The Balaban J connectivity index is -0.000000563. The van der Waals surface area contributed by atoms with E-state index >= 15 is 0 Å². The van der Waals surface area contributed by atoms with E-state index in [1.165, 1.54) is 84.0 Å². The van der Waals surface area contributed by atoms with Gasteiger partial charge in [0.2, 0.25) is 0 Å². The van der Waals surface area contributed by atoms with Crippen LogP contribution in [0.5, 0.6) is 0 Å². The first kappa shape index (κ1) is 40.9. The van der Waals surface area contributed by atoms with Crippen LogP contribution in [0.4, 0.5) is 0 Å². The van der Waals surface area contributed by atoms with Gasteiger partial charge in [0.05, 0.1) is 19.8 Å². The van der Waals surface area contributed by atoms with E-state index in [0.717, 1.165) is 25.7 Å². The summed E-state index contributed by atoms with van der Waals surface area (Å²) in [6.07, 6.45) is 21.6. The number of hydrogen-bond acceptors (Lipinski definition) is 6. The quantitative estimate of drug-likeness (QED) is 0.0767. The van der Waals surface area contributed by atoms with Gasteiger partial charge >= 0.3 is 17.9 Å². The summed E-state index contributed by atoms with van der Waals surface area (Å²) >= 11 is 0. The molecule has 0 unspecified atom stereocenters. The third-order valence-corrected chi connectivity index (χ3v) is 5.83. The molecule has 228 valence electrons. The van der Waals surface area contributed by atoms with Crippen LogP contribution in [0.25, 0.3) is 0 Å². The Morgan fingerprint density at radius 2 is 0.895 bits per heavy atom. The summed E-state index contributed by atoms with van der Waals surface area (Å²) in [7, 11) is 0. The van der Waals surface area contributed by atoms with Crippen LogP contribution >= 0.6 is 0 Å². The summed E-state index contributed by atoms with van der Waals surface area (Å²) in [5.41, 5.74) is 0. The molecule has 6 nitrogen and oxygen atoms in total. The molecule has 0 aliphatic carbocycles. The van der Waals surface area contributed by atoms with Crippen molar-refractivity contribution in [2.75, 3.05) is 19.8 Å². The van der Waals surface area contributed by atoms with Crippen LogP contribution in [0.1, 0.15) is 164 Å². The van der Waals surface area contributed by atoms with E-state index < -0.39 is 0 Å². The fourth-order valence-corrected chi connectivity index (χ4v) is 3.51. The van der Waals surface area contributed by atoms with Crippen molar-refractivity contribution in [2.24, 2.45) is 5.92 Å². The Bertz CT molecular complexity index is 504. The number of ether oxygens (including phenoxy) is 3. The van der Waals surface area contributed by atoms with Gasteiger partial charge in [-0.2, -0.15) is 0 Å². The summed E-state index contributed by atoms with van der Waals surface area (Å²) in [4.78, 5) is 31.9. The zero-order chi connectivity index (χ0) is 29.3. The fraction of sp³-hybridized carbons (Fsp3) is 0.906. The zero-order valence-corrected chi connectivity index (χ0v) is 26.4. The first-order chi connectivity index (χ1) is 18.2. The van der Waals surface area contributed by atoms with E-state index in [2.05, 4.69) is 27.7 Å². The van der Waals surface area contributed by atoms with Crippen LogP contribution in [0, 0.1) is 5.92 Å². The molecule has 0 N–H and O–H groups in total. The minimum absolute atomic E-state index is 0.0319. The van der Waals surface area contributed by atoms with Gasteiger partial charge in [-0.3, -0.25) is 14.4 Å². The molecule has 0 rings (SSSR count). The van der Waals surface area contributed by atoms with Gasteiger partial charge in [-0.15, -0.1) is 0 Å². The molecule has 0 spiro atoms. The Hall–Kier alpha value is -1.59. The Labute approximate surface area is 236 Å². The molecule has 0 bridgehead atoms. The third kappa shape index (κ3) is 44.4. The van der Waals surface area contributed by atoms with E-state index in [1.807, 2.05) is 13.8 Å². The lowest BCUT2D eigenvalue weighted by molar-refractivity contribution is -0.144. The summed E-state index contributed by atoms with van der Waals surface area (Å²) in [6.45, 7) is 15.2. The molecular weight excluding hydrogens is 480 g/mol. The number of esters is 3. The maximum absolute atomic E-state index is 11.1. The second-order valence-electron chi connectivity index (χ2n) is 10.2. The highest BCUT2D eigenvalue weighted by Crippen LogP contribution is 2.13. The van der Waals surface area contributed by atoms with Crippen molar-refractivity contribution in [3.63, 3.8) is 0 Å². The van der Waals surface area contributed by atoms with Gasteiger partial charge in [0.25, 0.3) is 0 Å². The lowest BCUT2D eigenvalue weighted by Gasteiger charge is -2.03. The minimum atomic E-state index is -0.185. The normalized spacial score (nSPS) is 10.1. The van der Waals surface area contributed by atoms with Gasteiger partial charge in [-0.1, -0.05) is 111 Å². The molecule has 0 aromatic rings. The van der Waals surface area contributed by atoms with Gasteiger partial charge in [0.1, 0.15) is 0 Å². The SMILES string of the molecule is CC(=O)OCCC(C)C.CCCCC(=O)OCC.CCCCCCCCCCCCCCCC(=O)OCC. The molecule has 38 heavy (non-hydrogen) atoms. The summed E-state index contributed by atoms with van der Waals surface area (Å²) in [6, 6.07) is 0. The average molecular weight is 545 g/mol. The van der Waals surface area contributed by atoms with Gasteiger partial charge in [-0.25, -0.2) is 0 Å². The zero-order valence-electron chi connectivity index (χ0n) is 26.4. The predicted molar refractivity (Wildman–Crippen MR) is 159 cm³/mol. The van der Waals surface area contributed by atoms with Crippen LogP contribution in [0.3, 0.4) is 0 Å². The Morgan fingerprint density at radius 1 is 0.526 bits per heavy atom. The van der Waals surface area contributed by atoms with Crippen molar-refractivity contribution in [2.45, 2.75) is 164 Å². The van der Waals surface area contributed by atoms with Gasteiger partial charge < -0.3 is 14.2 Å². The summed E-state index contributed by atoms with van der Waals surface area (Å²) in [5.74, 6) is 0.329. The molecule has 0 saturated carbocycles. The molecule has 0 aliphatic heterocycles. The lowest BCUT2D eigenvalue weighted by Crippen LogP contribution is -2.03. The van der Waals surface area contributed by atoms with E-state index in [1.54, 1.807) is 0 Å². The Kier molecular flexibility index (Phi) is 38.1. The van der Waals surface area contributed by atoms with Crippen molar-refractivity contribution in [3.05, 3.63) is 0 Å². The van der Waals surface area contributed by atoms with Crippen molar-refractivity contribution in [1.82, 2.24) is 0 Å². The van der Waals surface area contributed by atoms with E-state index in [-0.39, 0.29) is 17.9 Å². The number of hydrogen-bond donors (Lipinski definition) is 0. The first-order valence-electron chi connectivity index (χ1n) is 15.7. The number of unbranched alkanes of at least 4 members (excludes halogenated alkanes) is 13. The standard InChI is InChI=1S/C18H36O2.2C7H14O2/c1-3-5-6-7-8-9-10-11-12-13-14-15-16-17-18(19)20-4-2;1-6(2)4-5-9-7(3)8;1-3-5-6-7(8)9-4-2/h3-17H2,1-2H3;6H,4-5H2,1-3H3;3-6H2,1-2H3. The van der Waals surface area contributed by atoms with Gasteiger partial charge in [0, 0.05) is 19.8 Å². The average Bonchev–Trinajstić information content (AvgIpc) is 2.86. The molecule has 0 aromatic heterocycles. The van der Waals surface area contributed by atoms with E-state index in [0.29, 0.717) is 38.6 Å². The molecule has 0 fully saturated rings. The number of carbonyl (C=O) groups excluding carboxylic acids is 3. The monoisotopic (exact) mass is 544 g/mol. The second kappa shape index (κ2) is 35.4. The largest absolute Gasteiger partial charge is 0.466 e. The van der Waals surface area contributed by atoms with Gasteiger partial charge in [0.15, 0.2) is 0 Å². The van der Waals surface area contributed by atoms with Crippen LogP contribution < -0.4 is 0 Å². The maximum Gasteiger partial charge on any atom is 0.305 e. The molecule has 0 aliphatic rings. The predicted octanol–water partition coefficient (Wildman–Crippen LogP) is 9.37. The van der Waals surface area contributed by atoms with Crippen molar-refractivity contribution >= 4 is 17.9 Å². The maximum atomic E-state index is 11.1. The third-order valence-electron chi connectivity index (χ3n) is 5.83. The number of carbonyl (C=O) groups is 3. The molecule has 0 amide bonds. The highest BCUT2D eigenvalue weighted by Gasteiger charge is 2.01. The summed E-state index contributed by atoms with van der Waals surface area (Å²) in [5, 5.41) is 0. The lowest BCUT2D eigenvalue weighted by atomic mass is 10.0. The highest BCUT2D eigenvalue weighted by molar-refractivity contribution is 5.69. The highest BCUT2D eigenvalue weighted by atomic mass is 16.5. The van der Waals surface area contributed by atoms with E-state index in [9.17, 15) is 14.4 Å². The van der Waals surface area contributed by atoms with Crippen LogP contribution in [-0.2, 0) is 28.6 Å². The van der Waals surface area contributed by atoms with Crippen molar-refractivity contribution < 1.29 is 28.6 Å². The fourth-order valence-electron chi connectivity index (χ4n) is 3.51. The minimum Gasteiger partial charge on any atom is -0.466 e. The van der Waals surface area contributed by atoms with E-state index in [4.69, 9.17) is 14.2 Å². The van der Waals surface area contributed by atoms with Crippen LogP contribution in [0.2, 0.25) is 0 Å². The molecular formula is C32H64O6. The smallest absolute Gasteiger partial charge is 0.305 e. The second-order valence-corrected chi connectivity index (χ2v) is 10.2. The first-order valence-corrected chi connectivity index (χ1v) is 15.7. The molecule has 0 atom stereocenters. The van der Waals surface area contributed by atoms with Crippen molar-refractivity contribution in [3.8, 4) is 0 Å². The van der Waals surface area contributed by atoms with Crippen LogP contribution in [-0.4, -0.2) is 37.7 Å². The Morgan fingerprint density at radius 3 is 1.24 bits per heavy atom.